The van der Waals surface area contributed by atoms with Gasteiger partial charge in [0.25, 0.3) is 11.8 Å². The van der Waals surface area contributed by atoms with Gasteiger partial charge in [0.15, 0.2) is 0 Å². The zero-order valence-electron chi connectivity index (χ0n) is 14.6. The van der Waals surface area contributed by atoms with Gasteiger partial charge in [0.05, 0.1) is 11.7 Å². The number of carbonyl (C=O) groups excluding carboxylic acids is 2. The summed E-state index contributed by atoms with van der Waals surface area (Å²) in [6.45, 7) is 1.42. The maximum absolute atomic E-state index is 13.8. The van der Waals surface area contributed by atoms with Crippen LogP contribution >= 0.6 is 15.9 Å². The van der Waals surface area contributed by atoms with E-state index in [0.717, 1.165) is 25.0 Å². The van der Waals surface area contributed by atoms with Crippen molar-refractivity contribution in [2.75, 3.05) is 13.2 Å². The Bertz CT molecular complexity index is 838. The van der Waals surface area contributed by atoms with Crippen molar-refractivity contribution in [1.82, 2.24) is 10.6 Å². The molecule has 2 amide bonds. The first-order valence-electron chi connectivity index (χ1n) is 8.75. The molecule has 7 heteroatoms. The lowest BCUT2D eigenvalue weighted by Gasteiger charge is -2.12. The van der Waals surface area contributed by atoms with Gasteiger partial charge in [-0.15, -0.1) is 0 Å². The second-order valence-corrected chi connectivity index (χ2v) is 7.27. The van der Waals surface area contributed by atoms with Crippen LogP contribution in [0.25, 0.3) is 0 Å². The van der Waals surface area contributed by atoms with E-state index in [4.69, 9.17) is 4.74 Å². The van der Waals surface area contributed by atoms with E-state index >= 15 is 0 Å². The SMILES string of the molecule is O=C(NC[C@H]1CCCO1)c1cccc(CNC(=O)c2cc(Br)ccc2F)c1. The summed E-state index contributed by atoms with van der Waals surface area (Å²) >= 11 is 3.23. The van der Waals surface area contributed by atoms with E-state index in [1.54, 1.807) is 24.3 Å². The van der Waals surface area contributed by atoms with Crippen LogP contribution in [0.2, 0.25) is 0 Å². The minimum atomic E-state index is -0.585. The summed E-state index contributed by atoms with van der Waals surface area (Å²) in [6, 6.07) is 11.2. The van der Waals surface area contributed by atoms with Gasteiger partial charge in [0, 0.05) is 29.7 Å². The predicted octanol–water partition coefficient (Wildman–Crippen LogP) is 3.43. The van der Waals surface area contributed by atoms with Crippen LogP contribution < -0.4 is 10.6 Å². The lowest BCUT2D eigenvalue weighted by atomic mass is 10.1. The first kappa shape index (κ1) is 19.5. The minimum Gasteiger partial charge on any atom is -0.376 e. The summed E-state index contributed by atoms with van der Waals surface area (Å²) in [5.41, 5.74) is 1.23. The molecule has 3 rings (SSSR count). The summed E-state index contributed by atoms with van der Waals surface area (Å²) in [4.78, 5) is 24.5. The summed E-state index contributed by atoms with van der Waals surface area (Å²) in [6.07, 6.45) is 2.06. The van der Waals surface area contributed by atoms with Gasteiger partial charge in [0.1, 0.15) is 5.82 Å². The molecule has 2 aromatic rings. The molecule has 1 fully saturated rings. The van der Waals surface area contributed by atoms with Gasteiger partial charge < -0.3 is 15.4 Å². The Morgan fingerprint density at radius 1 is 1.15 bits per heavy atom. The smallest absolute Gasteiger partial charge is 0.254 e. The monoisotopic (exact) mass is 434 g/mol. The van der Waals surface area contributed by atoms with E-state index in [1.807, 2.05) is 0 Å². The van der Waals surface area contributed by atoms with Gasteiger partial charge in [-0.25, -0.2) is 4.39 Å². The molecule has 2 aromatic carbocycles. The molecule has 0 aliphatic carbocycles. The number of amides is 2. The van der Waals surface area contributed by atoms with Gasteiger partial charge in [-0.1, -0.05) is 28.1 Å². The third-order valence-corrected chi connectivity index (χ3v) is 4.82. The van der Waals surface area contributed by atoms with Crippen molar-refractivity contribution < 1.29 is 18.7 Å². The molecule has 0 saturated carbocycles. The fourth-order valence-corrected chi connectivity index (χ4v) is 3.25. The van der Waals surface area contributed by atoms with Crippen molar-refractivity contribution in [3.05, 3.63) is 69.4 Å². The molecule has 0 unspecified atom stereocenters. The Kier molecular flexibility index (Phi) is 6.58. The van der Waals surface area contributed by atoms with E-state index in [-0.39, 0.29) is 24.1 Å². The number of benzene rings is 2. The highest BCUT2D eigenvalue weighted by molar-refractivity contribution is 9.10. The number of ether oxygens (including phenoxy) is 1. The van der Waals surface area contributed by atoms with Gasteiger partial charge in [-0.05, 0) is 48.7 Å². The number of halogens is 2. The standard InChI is InChI=1S/C20H20BrFN2O3/c21-15-6-7-18(22)17(10-15)20(26)23-11-13-3-1-4-14(9-13)19(25)24-12-16-5-2-8-27-16/h1,3-4,6-7,9-10,16H,2,5,8,11-12H2,(H,23,26)(H,24,25)/t16-/m1/s1. The van der Waals surface area contributed by atoms with E-state index in [2.05, 4.69) is 26.6 Å². The Labute approximate surface area is 165 Å². The van der Waals surface area contributed by atoms with E-state index in [0.29, 0.717) is 16.6 Å². The first-order chi connectivity index (χ1) is 13.0. The molecule has 27 heavy (non-hydrogen) atoms. The first-order valence-corrected chi connectivity index (χ1v) is 9.54. The van der Waals surface area contributed by atoms with E-state index < -0.39 is 11.7 Å². The van der Waals surface area contributed by atoms with Gasteiger partial charge in [0.2, 0.25) is 0 Å². The third kappa shape index (κ3) is 5.37. The fraction of sp³-hybridized carbons (Fsp3) is 0.300. The van der Waals surface area contributed by atoms with Crippen LogP contribution in [0.15, 0.2) is 46.9 Å². The average molecular weight is 435 g/mol. The van der Waals surface area contributed by atoms with Crippen molar-refractivity contribution in [2.45, 2.75) is 25.5 Å². The van der Waals surface area contributed by atoms with Crippen molar-refractivity contribution in [3.8, 4) is 0 Å². The van der Waals surface area contributed by atoms with Crippen LogP contribution in [0.4, 0.5) is 4.39 Å². The Morgan fingerprint density at radius 3 is 2.78 bits per heavy atom. The van der Waals surface area contributed by atoms with Gasteiger partial charge in [-0.3, -0.25) is 9.59 Å². The summed E-state index contributed by atoms with van der Waals surface area (Å²) < 4.78 is 19.9. The number of hydrogen-bond acceptors (Lipinski definition) is 3. The van der Waals surface area contributed by atoms with Crippen LogP contribution in [-0.2, 0) is 11.3 Å². The molecule has 2 N–H and O–H groups in total. The topological polar surface area (TPSA) is 67.4 Å². The zero-order valence-corrected chi connectivity index (χ0v) is 16.2. The molecule has 5 nitrogen and oxygen atoms in total. The molecule has 1 atom stereocenters. The minimum absolute atomic E-state index is 0.0326. The van der Waals surface area contributed by atoms with Crippen LogP contribution in [0.3, 0.4) is 0 Å². The Morgan fingerprint density at radius 2 is 2.00 bits per heavy atom. The van der Waals surface area contributed by atoms with E-state index in [1.165, 1.54) is 18.2 Å². The molecular weight excluding hydrogens is 415 g/mol. The molecular formula is C20H20BrFN2O3. The maximum Gasteiger partial charge on any atom is 0.254 e. The normalized spacial score (nSPS) is 16.1. The highest BCUT2D eigenvalue weighted by atomic mass is 79.9. The van der Waals surface area contributed by atoms with Crippen LogP contribution in [0, 0.1) is 5.82 Å². The van der Waals surface area contributed by atoms with E-state index in [9.17, 15) is 14.0 Å². The lowest BCUT2D eigenvalue weighted by molar-refractivity contribution is 0.0857. The second kappa shape index (κ2) is 9.10. The second-order valence-electron chi connectivity index (χ2n) is 6.35. The summed E-state index contributed by atoms with van der Waals surface area (Å²) in [7, 11) is 0. The summed E-state index contributed by atoms with van der Waals surface area (Å²) in [5, 5.41) is 5.54. The van der Waals surface area contributed by atoms with Gasteiger partial charge >= 0.3 is 0 Å². The molecule has 0 spiro atoms. The lowest BCUT2D eigenvalue weighted by Crippen LogP contribution is -2.31. The molecule has 0 radical (unpaired) electrons. The summed E-state index contributed by atoms with van der Waals surface area (Å²) in [5.74, 6) is -1.28. The van der Waals surface area contributed by atoms with Crippen molar-refractivity contribution in [2.24, 2.45) is 0 Å². The molecule has 1 heterocycles. The van der Waals surface area contributed by atoms with Crippen LogP contribution in [0.5, 0.6) is 0 Å². The van der Waals surface area contributed by atoms with Gasteiger partial charge in [-0.2, -0.15) is 0 Å². The molecule has 1 saturated heterocycles. The number of nitrogens with one attached hydrogen (secondary N) is 2. The highest BCUT2D eigenvalue weighted by Crippen LogP contribution is 2.16. The zero-order chi connectivity index (χ0) is 19.2. The number of rotatable bonds is 6. The molecule has 1 aliphatic heterocycles. The highest BCUT2D eigenvalue weighted by Gasteiger charge is 2.17. The molecule has 1 aliphatic rings. The predicted molar refractivity (Wildman–Crippen MR) is 103 cm³/mol. The molecule has 0 aromatic heterocycles. The Hall–Kier alpha value is -2.25. The number of hydrogen-bond donors (Lipinski definition) is 2. The average Bonchev–Trinajstić information content (AvgIpc) is 3.20. The number of carbonyl (C=O) groups is 2. The van der Waals surface area contributed by atoms with Crippen molar-refractivity contribution in [1.29, 1.82) is 0 Å². The van der Waals surface area contributed by atoms with Crippen LogP contribution in [0.1, 0.15) is 39.1 Å². The molecule has 0 bridgehead atoms. The Balaban J connectivity index is 1.57. The maximum atomic E-state index is 13.8. The van der Waals surface area contributed by atoms with Crippen molar-refractivity contribution in [3.63, 3.8) is 0 Å². The molecule has 142 valence electrons. The largest absolute Gasteiger partial charge is 0.376 e. The van der Waals surface area contributed by atoms with Crippen molar-refractivity contribution >= 4 is 27.7 Å². The van der Waals surface area contributed by atoms with Crippen LogP contribution in [-0.4, -0.2) is 31.1 Å². The fourth-order valence-electron chi connectivity index (χ4n) is 2.89. The quantitative estimate of drug-likeness (QED) is 0.731. The third-order valence-electron chi connectivity index (χ3n) is 4.33.